The molecule has 3 N–H and O–H groups in total. The minimum atomic E-state index is -1.04. The zero-order chi connectivity index (χ0) is 19.6. The number of para-hydroxylation sites is 2. The zero-order valence-corrected chi connectivity index (χ0v) is 14.8. The minimum absolute atomic E-state index is 0.328. The van der Waals surface area contributed by atoms with Gasteiger partial charge in [-0.15, -0.1) is 0 Å². The van der Waals surface area contributed by atoms with Crippen LogP contribution in [0, 0.1) is 0 Å². The van der Waals surface area contributed by atoms with E-state index >= 15 is 0 Å². The molecule has 27 heavy (non-hydrogen) atoms. The molecular weight excluding hydrogens is 354 g/mol. The fourth-order valence-corrected chi connectivity index (χ4v) is 1.97. The molecule has 0 saturated carbocycles. The number of hydrogen-bond donors (Lipinski definition) is 3. The van der Waals surface area contributed by atoms with Crippen LogP contribution in [0.5, 0.6) is 17.2 Å². The summed E-state index contributed by atoms with van der Waals surface area (Å²) in [6.45, 7) is -0.346. The maximum absolute atomic E-state index is 11.9. The number of benzene rings is 2. The third-order valence-electron chi connectivity index (χ3n) is 3.31. The second-order valence-corrected chi connectivity index (χ2v) is 5.12. The highest BCUT2D eigenvalue weighted by atomic mass is 16.5. The normalized spacial score (nSPS) is 9.70. The number of ether oxygens (including phenoxy) is 3. The minimum Gasteiger partial charge on any atom is -0.497 e. The van der Waals surface area contributed by atoms with Crippen LogP contribution in [-0.4, -0.2) is 38.5 Å². The Morgan fingerprint density at radius 3 is 2.15 bits per heavy atom. The number of hydrogen-bond acceptors (Lipinski definition) is 6. The predicted octanol–water partition coefficient (Wildman–Crippen LogP) is 0.869. The van der Waals surface area contributed by atoms with E-state index in [2.05, 4.69) is 10.7 Å². The number of nitrogens with one attached hydrogen (secondary N) is 3. The van der Waals surface area contributed by atoms with Gasteiger partial charge in [-0.1, -0.05) is 12.1 Å². The summed E-state index contributed by atoms with van der Waals surface area (Å²) in [5.41, 5.74) is 4.42. The van der Waals surface area contributed by atoms with Gasteiger partial charge in [-0.05, 0) is 36.4 Å². The fourth-order valence-electron chi connectivity index (χ4n) is 1.97. The third kappa shape index (κ3) is 5.92. The summed E-state index contributed by atoms with van der Waals surface area (Å²) in [7, 11) is 2.98. The molecule has 2 aromatic rings. The van der Waals surface area contributed by atoms with E-state index in [-0.39, 0.29) is 6.61 Å². The number of methoxy groups -OCH3 is 2. The Hall–Kier alpha value is -3.75. The molecule has 0 aromatic heterocycles. The van der Waals surface area contributed by atoms with Gasteiger partial charge in [-0.3, -0.25) is 25.2 Å². The summed E-state index contributed by atoms with van der Waals surface area (Å²) in [5, 5.41) is 2.38. The van der Waals surface area contributed by atoms with Crippen molar-refractivity contribution in [1.82, 2.24) is 10.9 Å². The van der Waals surface area contributed by atoms with E-state index in [1.807, 2.05) is 5.43 Å². The van der Waals surface area contributed by atoms with Gasteiger partial charge >= 0.3 is 11.8 Å². The van der Waals surface area contributed by atoms with Crippen molar-refractivity contribution in [3.05, 3.63) is 48.5 Å². The Balaban J connectivity index is 1.76. The van der Waals surface area contributed by atoms with E-state index < -0.39 is 17.7 Å². The molecule has 0 heterocycles. The fraction of sp³-hybridized carbons (Fsp3) is 0.167. The maximum atomic E-state index is 11.9. The van der Waals surface area contributed by atoms with Crippen LogP contribution >= 0.6 is 0 Å². The predicted molar refractivity (Wildman–Crippen MR) is 96.4 cm³/mol. The molecule has 3 amide bonds. The average molecular weight is 373 g/mol. The van der Waals surface area contributed by atoms with Gasteiger partial charge in [0, 0.05) is 0 Å². The Morgan fingerprint density at radius 2 is 1.48 bits per heavy atom. The van der Waals surface area contributed by atoms with Crippen LogP contribution in [0.3, 0.4) is 0 Å². The molecule has 9 nitrogen and oxygen atoms in total. The van der Waals surface area contributed by atoms with Crippen LogP contribution in [0.1, 0.15) is 0 Å². The molecule has 0 fully saturated rings. The van der Waals surface area contributed by atoms with Crippen LogP contribution in [-0.2, 0) is 14.4 Å². The molecule has 0 unspecified atom stereocenters. The highest BCUT2D eigenvalue weighted by Gasteiger charge is 2.16. The van der Waals surface area contributed by atoms with E-state index in [1.54, 1.807) is 48.5 Å². The third-order valence-corrected chi connectivity index (χ3v) is 3.31. The molecule has 2 aromatic carbocycles. The average Bonchev–Trinajstić information content (AvgIpc) is 2.71. The highest BCUT2D eigenvalue weighted by Crippen LogP contribution is 2.22. The van der Waals surface area contributed by atoms with E-state index in [4.69, 9.17) is 14.2 Å². The monoisotopic (exact) mass is 373 g/mol. The number of hydrazine groups is 1. The summed E-state index contributed by atoms with van der Waals surface area (Å²) >= 11 is 0. The smallest absolute Gasteiger partial charge is 0.328 e. The van der Waals surface area contributed by atoms with Gasteiger partial charge in [-0.25, -0.2) is 0 Å². The van der Waals surface area contributed by atoms with Gasteiger partial charge < -0.3 is 19.5 Å². The second kappa shape index (κ2) is 9.66. The molecule has 0 atom stereocenters. The molecule has 0 saturated heterocycles. The van der Waals surface area contributed by atoms with Crippen molar-refractivity contribution in [1.29, 1.82) is 0 Å². The lowest BCUT2D eigenvalue weighted by Gasteiger charge is -2.11. The van der Waals surface area contributed by atoms with Gasteiger partial charge in [0.1, 0.15) is 17.2 Å². The molecule has 0 aliphatic heterocycles. The summed E-state index contributed by atoms with van der Waals surface area (Å²) in [6.07, 6.45) is 0. The largest absolute Gasteiger partial charge is 0.497 e. The summed E-state index contributed by atoms with van der Waals surface area (Å²) < 4.78 is 15.3. The Morgan fingerprint density at radius 1 is 0.815 bits per heavy atom. The van der Waals surface area contributed by atoms with Crippen molar-refractivity contribution in [2.75, 3.05) is 26.1 Å². The Kier molecular flexibility index (Phi) is 7.00. The SMILES string of the molecule is COc1ccc(OCC(=O)NNC(=O)C(=O)Nc2ccccc2OC)cc1. The maximum Gasteiger partial charge on any atom is 0.328 e. The zero-order valence-electron chi connectivity index (χ0n) is 14.8. The Labute approximate surface area is 155 Å². The van der Waals surface area contributed by atoms with Crippen molar-refractivity contribution in [2.24, 2.45) is 0 Å². The highest BCUT2D eigenvalue weighted by molar-refractivity contribution is 6.39. The van der Waals surface area contributed by atoms with Gasteiger partial charge in [0.25, 0.3) is 5.91 Å². The van der Waals surface area contributed by atoms with Crippen molar-refractivity contribution < 1.29 is 28.6 Å². The first-order valence-corrected chi connectivity index (χ1v) is 7.83. The molecule has 0 aliphatic carbocycles. The lowest BCUT2D eigenvalue weighted by atomic mass is 10.3. The first-order valence-electron chi connectivity index (χ1n) is 7.83. The van der Waals surface area contributed by atoms with E-state index in [0.717, 1.165) is 0 Å². The number of rotatable bonds is 6. The number of carbonyl (C=O) groups is 3. The van der Waals surface area contributed by atoms with Gasteiger partial charge in [0.2, 0.25) is 0 Å². The molecule has 142 valence electrons. The second-order valence-electron chi connectivity index (χ2n) is 5.12. The standard InChI is InChI=1S/C18H19N3O6/c1-25-12-7-9-13(10-8-12)27-11-16(22)20-21-18(24)17(23)19-14-5-3-4-6-15(14)26-2/h3-10H,11H2,1-2H3,(H,19,23)(H,20,22)(H,21,24). The summed E-state index contributed by atoms with van der Waals surface area (Å²) in [5.74, 6) is -1.14. The van der Waals surface area contributed by atoms with Crippen molar-refractivity contribution >= 4 is 23.4 Å². The van der Waals surface area contributed by atoms with Crippen LogP contribution in [0.15, 0.2) is 48.5 Å². The van der Waals surface area contributed by atoms with Crippen LogP contribution < -0.4 is 30.4 Å². The quantitative estimate of drug-likeness (QED) is 0.511. The molecule has 9 heteroatoms. The number of anilines is 1. The Bertz CT molecular complexity index is 807. The van der Waals surface area contributed by atoms with Gasteiger partial charge in [-0.2, -0.15) is 0 Å². The molecule has 0 radical (unpaired) electrons. The van der Waals surface area contributed by atoms with Crippen molar-refractivity contribution in [3.63, 3.8) is 0 Å². The molecule has 0 aliphatic rings. The molecule has 2 rings (SSSR count). The molecule has 0 bridgehead atoms. The lowest BCUT2D eigenvalue weighted by molar-refractivity contribution is -0.138. The van der Waals surface area contributed by atoms with Crippen molar-refractivity contribution in [2.45, 2.75) is 0 Å². The molecular formula is C18H19N3O6. The molecule has 0 spiro atoms. The topological polar surface area (TPSA) is 115 Å². The van der Waals surface area contributed by atoms with Gasteiger partial charge in [0.05, 0.1) is 19.9 Å². The van der Waals surface area contributed by atoms with Crippen molar-refractivity contribution in [3.8, 4) is 17.2 Å². The number of amides is 3. The van der Waals surface area contributed by atoms with E-state index in [9.17, 15) is 14.4 Å². The van der Waals surface area contributed by atoms with Crippen LogP contribution in [0.25, 0.3) is 0 Å². The van der Waals surface area contributed by atoms with Crippen LogP contribution in [0.4, 0.5) is 5.69 Å². The summed E-state index contributed by atoms with van der Waals surface area (Å²) in [6, 6.07) is 13.2. The summed E-state index contributed by atoms with van der Waals surface area (Å²) in [4.78, 5) is 35.3. The van der Waals surface area contributed by atoms with Crippen LogP contribution in [0.2, 0.25) is 0 Å². The van der Waals surface area contributed by atoms with E-state index in [1.165, 1.54) is 14.2 Å². The number of carbonyl (C=O) groups excluding carboxylic acids is 3. The van der Waals surface area contributed by atoms with Gasteiger partial charge in [0.15, 0.2) is 6.61 Å². The lowest BCUT2D eigenvalue weighted by Crippen LogP contribution is -2.48. The first kappa shape index (κ1) is 19.6. The van der Waals surface area contributed by atoms with E-state index in [0.29, 0.717) is 22.9 Å². The first-order chi connectivity index (χ1) is 13.0.